The first-order chi connectivity index (χ1) is 6.71. The molecule has 0 bridgehead atoms. The minimum absolute atomic E-state index is 0.180. The van der Waals surface area contributed by atoms with E-state index in [9.17, 15) is 0 Å². The van der Waals surface area contributed by atoms with Crippen LogP contribution in [0.1, 0.15) is 19.7 Å². The van der Waals surface area contributed by atoms with Crippen LogP contribution in [0.4, 0.5) is 11.9 Å². The van der Waals surface area contributed by atoms with Gasteiger partial charge in [0, 0.05) is 13.1 Å². The molecule has 0 aliphatic carbocycles. The lowest BCUT2D eigenvalue weighted by molar-refractivity contribution is 0.382. The molecule has 6 nitrogen and oxygen atoms in total. The predicted molar refractivity (Wildman–Crippen MR) is 53.5 cm³/mol. The molecule has 0 unspecified atom stereocenters. The molecule has 1 aromatic heterocycles. The minimum Gasteiger partial charge on any atom is -0.341 e. The Morgan fingerprint density at radius 2 is 1.86 bits per heavy atom. The molecule has 0 aliphatic rings. The number of hydrogen-bond donors (Lipinski definition) is 2. The van der Waals surface area contributed by atoms with Crippen LogP contribution in [-0.4, -0.2) is 33.2 Å². The van der Waals surface area contributed by atoms with Crippen LogP contribution in [0.2, 0.25) is 0 Å². The highest BCUT2D eigenvalue weighted by atomic mass is 16.5. The topological polar surface area (TPSA) is 74.2 Å². The number of nitrogens with zero attached hydrogens (tertiary/aromatic N) is 4. The van der Waals surface area contributed by atoms with Crippen molar-refractivity contribution in [1.29, 1.82) is 0 Å². The third kappa shape index (κ3) is 2.29. The summed E-state index contributed by atoms with van der Waals surface area (Å²) in [7, 11) is 0. The third-order valence-electron chi connectivity index (χ3n) is 1.88. The zero-order valence-electron chi connectivity index (χ0n) is 8.65. The number of anilines is 2. The second kappa shape index (κ2) is 4.71. The van der Waals surface area contributed by atoms with Gasteiger partial charge in [-0.3, -0.25) is 5.21 Å². The van der Waals surface area contributed by atoms with Crippen LogP contribution in [0.3, 0.4) is 0 Å². The Labute approximate surface area is 83.0 Å². The molecule has 0 aromatic carbocycles. The number of aryl methyl sites for hydroxylation is 1. The Kier molecular flexibility index (Phi) is 3.58. The molecule has 0 spiro atoms. The van der Waals surface area contributed by atoms with Crippen LogP contribution >= 0.6 is 0 Å². The summed E-state index contributed by atoms with van der Waals surface area (Å²) >= 11 is 0. The normalized spacial score (nSPS) is 10.0. The van der Waals surface area contributed by atoms with Gasteiger partial charge in [-0.05, 0) is 20.8 Å². The SMILES string of the molecule is CCN(CC)c1nc(C)nc(NO)n1. The number of hydrogen-bond acceptors (Lipinski definition) is 6. The second-order valence-corrected chi connectivity index (χ2v) is 2.79. The molecule has 1 aromatic rings. The molecule has 1 rings (SSSR count). The molecular formula is C8H15N5O. The lowest BCUT2D eigenvalue weighted by Crippen LogP contribution is -2.25. The van der Waals surface area contributed by atoms with Crippen molar-refractivity contribution in [3.05, 3.63) is 5.82 Å². The standard InChI is InChI=1S/C8H15N5O/c1-4-13(5-2)8-10-6(3)9-7(11-8)12-14/h14H,4-5H2,1-3H3,(H,9,10,11,12). The quantitative estimate of drug-likeness (QED) is 0.696. The summed E-state index contributed by atoms with van der Waals surface area (Å²) in [6.45, 7) is 7.45. The molecule has 0 atom stereocenters. The van der Waals surface area contributed by atoms with Gasteiger partial charge in [-0.15, -0.1) is 0 Å². The van der Waals surface area contributed by atoms with Gasteiger partial charge in [0.2, 0.25) is 5.95 Å². The van der Waals surface area contributed by atoms with E-state index in [1.165, 1.54) is 0 Å². The van der Waals surface area contributed by atoms with Crippen molar-refractivity contribution in [2.45, 2.75) is 20.8 Å². The van der Waals surface area contributed by atoms with Gasteiger partial charge in [0.1, 0.15) is 5.82 Å². The van der Waals surface area contributed by atoms with E-state index in [-0.39, 0.29) is 5.95 Å². The summed E-state index contributed by atoms with van der Waals surface area (Å²) < 4.78 is 0. The Hall–Kier alpha value is -1.43. The molecule has 0 amide bonds. The highest BCUT2D eigenvalue weighted by molar-refractivity contribution is 5.35. The van der Waals surface area contributed by atoms with Gasteiger partial charge in [-0.25, -0.2) is 5.48 Å². The average molecular weight is 197 g/mol. The molecule has 0 aliphatic heterocycles. The molecule has 6 heteroatoms. The van der Waals surface area contributed by atoms with Gasteiger partial charge >= 0.3 is 0 Å². The smallest absolute Gasteiger partial charge is 0.251 e. The first kappa shape index (κ1) is 10.6. The molecule has 0 saturated carbocycles. The fraction of sp³-hybridized carbons (Fsp3) is 0.625. The summed E-state index contributed by atoms with van der Waals surface area (Å²) in [5.41, 5.74) is 1.92. The van der Waals surface area contributed by atoms with E-state index < -0.39 is 0 Å². The van der Waals surface area contributed by atoms with Crippen molar-refractivity contribution in [1.82, 2.24) is 15.0 Å². The molecule has 14 heavy (non-hydrogen) atoms. The van der Waals surface area contributed by atoms with Crippen LogP contribution in [0, 0.1) is 6.92 Å². The van der Waals surface area contributed by atoms with E-state index in [1.807, 2.05) is 24.2 Å². The Balaban J connectivity index is 3.01. The first-order valence-corrected chi connectivity index (χ1v) is 4.59. The maximum absolute atomic E-state index is 8.69. The molecule has 0 fully saturated rings. The van der Waals surface area contributed by atoms with Gasteiger partial charge in [0.25, 0.3) is 5.95 Å². The van der Waals surface area contributed by atoms with Crippen molar-refractivity contribution in [2.24, 2.45) is 0 Å². The van der Waals surface area contributed by atoms with Crippen LogP contribution in [0.15, 0.2) is 0 Å². The van der Waals surface area contributed by atoms with Crippen LogP contribution in [0.25, 0.3) is 0 Å². The molecule has 1 heterocycles. The van der Waals surface area contributed by atoms with E-state index >= 15 is 0 Å². The second-order valence-electron chi connectivity index (χ2n) is 2.79. The van der Waals surface area contributed by atoms with Crippen LogP contribution < -0.4 is 10.4 Å². The number of aromatic nitrogens is 3. The van der Waals surface area contributed by atoms with Crippen LogP contribution in [0.5, 0.6) is 0 Å². The summed E-state index contributed by atoms with van der Waals surface area (Å²) in [6.07, 6.45) is 0. The zero-order valence-corrected chi connectivity index (χ0v) is 8.65. The van der Waals surface area contributed by atoms with E-state index in [0.717, 1.165) is 13.1 Å². The third-order valence-corrected chi connectivity index (χ3v) is 1.88. The Morgan fingerprint density at radius 1 is 1.21 bits per heavy atom. The maximum Gasteiger partial charge on any atom is 0.251 e. The fourth-order valence-corrected chi connectivity index (χ4v) is 1.17. The predicted octanol–water partition coefficient (Wildman–Crippen LogP) is 0.827. The van der Waals surface area contributed by atoms with E-state index in [1.54, 1.807) is 6.92 Å². The van der Waals surface area contributed by atoms with Gasteiger partial charge in [-0.2, -0.15) is 15.0 Å². The summed E-state index contributed by atoms with van der Waals surface area (Å²) in [4.78, 5) is 14.1. The van der Waals surface area contributed by atoms with Crippen molar-refractivity contribution in [3.63, 3.8) is 0 Å². The minimum atomic E-state index is 0.180. The van der Waals surface area contributed by atoms with Gasteiger partial charge in [0.05, 0.1) is 0 Å². The number of nitrogens with one attached hydrogen (secondary N) is 1. The summed E-state index contributed by atoms with van der Waals surface area (Å²) in [5, 5.41) is 8.69. The average Bonchev–Trinajstić information content (AvgIpc) is 2.19. The summed E-state index contributed by atoms with van der Waals surface area (Å²) in [6, 6.07) is 0. The Bertz CT molecular complexity index is 300. The number of rotatable bonds is 4. The van der Waals surface area contributed by atoms with Crippen LogP contribution in [-0.2, 0) is 0 Å². The monoisotopic (exact) mass is 197 g/mol. The zero-order chi connectivity index (χ0) is 10.6. The fourth-order valence-electron chi connectivity index (χ4n) is 1.17. The summed E-state index contributed by atoms with van der Waals surface area (Å²) in [5.74, 6) is 1.34. The molecule has 2 N–H and O–H groups in total. The van der Waals surface area contributed by atoms with E-state index in [0.29, 0.717) is 11.8 Å². The van der Waals surface area contributed by atoms with E-state index in [4.69, 9.17) is 5.21 Å². The van der Waals surface area contributed by atoms with Crippen molar-refractivity contribution in [3.8, 4) is 0 Å². The largest absolute Gasteiger partial charge is 0.341 e. The highest BCUT2D eigenvalue weighted by Crippen LogP contribution is 2.09. The van der Waals surface area contributed by atoms with Crippen molar-refractivity contribution in [2.75, 3.05) is 23.5 Å². The van der Waals surface area contributed by atoms with Gasteiger partial charge in [-0.1, -0.05) is 0 Å². The first-order valence-electron chi connectivity index (χ1n) is 4.59. The maximum atomic E-state index is 8.69. The lowest BCUT2D eigenvalue weighted by atomic mass is 10.5. The molecule has 78 valence electrons. The van der Waals surface area contributed by atoms with Gasteiger partial charge in [0.15, 0.2) is 0 Å². The van der Waals surface area contributed by atoms with E-state index in [2.05, 4.69) is 15.0 Å². The highest BCUT2D eigenvalue weighted by Gasteiger charge is 2.08. The molecular weight excluding hydrogens is 182 g/mol. The van der Waals surface area contributed by atoms with Crippen molar-refractivity contribution >= 4 is 11.9 Å². The Morgan fingerprint density at radius 3 is 2.36 bits per heavy atom. The lowest BCUT2D eigenvalue weighted by Gasteiger charge is -2.18. The van der Waals surface area contributed by atoms with Gasteiger partial charge < -0.3 is 4.90 Å². The van der Waals surface area contributed by atoms with Crippen molar-refractivity contribution < 1.29 is 5.21 Å². The molecule has 0 radical (unpaired) electrons. The molecule has 0 saturated heterocycles.